The van der Waals surface area contributed by atoms with Gasteiger partial charge < -0.3 is 14.9 Å². The van der Waals surface area contributed by atoms with Crippen LogP contribution in [0.15, 0.2) is 53.4 Å². The summed E-state index contributed by atoms with van der Waals surface area (Å²) in [5.74, 6) is -0.675. The highest BCUT2D eigenvalue weighted by Gasteiger charge is 2.13. The van der Waals surface area contributed by atoms with Gasteiger partial charge in [-0.2, -0.15) is 0 Å². The van der Waals surface area contributed by atoms with E-state index in [1.807, 2.05) is 6.07 Å². The van der Waals surface area contributed by atoms with Crippen molar-refractivity contribution < 1.29 is 28.2 Å². The molecule has 2 N–H and O–H groups in total. The zero-order chi connectivity index (χ0) is 27.5. The first-order chi connectivity index (χ1) is 18.4. The van der Waals surface area contributed by atoms with Crippen LogP contribution in [0, 0.1) is 0 Å². The molecular formula is C31H46O6S. The third-order valence-electron chi connectivity index (χ3n) is 6.88. The fourth-order valence-corrected chi connectivity index (χ4v) is 5.97. The first kappa shape index (κ1) is 31.7. The Morgan fingerprint density at radius 2 is 1.13 bits per heavy atom. The molecule has 0 unspecified atom stereocenters. The molecule has 6 nitrogen and oxygen atoms in total. The van der Waals surface area contributed by atoms with E-state index >= 15 is 0 Å². The second-order valence-corrected chi connectivity index (χ2v) is 12.2. The number of carboxylic acids is 1. The number of aromatic carboxylic acids is 1. The highest BCUT2D eigenvalue weighted by Crippen LogP contribution is 2.23. The molecule has 7 heteroatoms. The van der Waals surface area contributed by atoms with E-state index in [0.29, 0.717) is 17.3 Å². The van der Waals surface area contributed by atoms with Crippen molar-refractivity contribution in [2.75, 3.05) is 12.4 Å². The number of carbonyl (C=O) groups is 1. The summed E-state index contributed by atoms with van der Waals surface area (Å²) in [5, 5.41) is 18.6. The standard InChI is InChI=1S/C31H46O6S/c32-30-23-22-27(26-29(30)31(33)34)37-24-18-13-11-9-7-5-3-1-2-4-6-8-10-12-14-19-25-38(35,36)28-20-16-15-17-21-28/h15-17,20-23,26,32H,1-14,18-19,24-25H2,(H,33,34). The number of aromatic hydroxyl groups is 1. The lowest BCUT2D eigenvalue weighted by Crippen LogP contribution is -2.06. The third-order valence-corrected chi connectivity index (χ3v) is 8.69. The van der Waals surface area contributed by atoms with Crippen LogP contribution in [0.4, 0.5) is 0 Å². The monoisotopic (exact) mass is 546 g/mol. The second kappa shape index (κ2) is 18.7. The molecule has 0 aliphatic carbocycles. The SMILES string of the molecule is O=C(O)c1cc(OCCCCCCCCCCCCCCCCCCS(=O)(=O)c2ccccc2)ccc1O. The van der Waals surface area contributed by atoms with Gasteiger partial charge in [0.1, 0.15) is 17.1 Å². The van der Waals surface area contributed by atoms with Crippen molar-refractivity contribution in [3.05, 3.63) is 54.1 Å². The Labute approximate surface area is 229 Å². The summed E-state index contributed by atoms with van der Waals surface area (Å²) in [7, 11) is -3.12. The lowest BCUT2D eigenvalue weighted by molar-refractivity contribution is 0.0693. The highest BCUT2D eigenvalue weighted by molar-refractivity contribution is 7.91. The van der Waals surface area contributed by atoms with E-state index in [1.54, 1.807) is 30.3 Å². The molecule has 0 spiro atoms. The van der Waals surface area contributed by atoms with Crippen molar-refractivity contribution in [3.8, 4) is 11.5 Å². The number of carboxylic acid groups (broad SMARTS) is 1. The number of benzene rings is 2. The van der Waals surface area contributed by atoms with Gasteiger partial charge in [-0.25, -0.2) is 13.2 Å². The topological polar surface area (TPSA) is 101 Å². The molecule has 0 aliphatic rings. The maximum Gasteiger partial charge on any atom is 0.339 e. The largest absolute Gasteiger partial charge is 0.507 e. The van der Waals surface area contributed by atoms with Crippen LogP contribution >= 0.6 is 0 Å². The molecule has 0 atom stereocenters. The summed E-state index contributed by atoms with van der Waals surface area (Å²) in [6, 6.07) is 13.1. The maximum absolute atomic E-state index is 12.3. The summed E-state index contributed by atoms with van der Waals surface area (Å²) >= 11 is 0. The maximum atomic E-state index is 12.3. The van der Waals surface area contributed by atoms with Crippen LogP contribution in [0.1, 0.15) is 113 Å². The first-order valence-electron chi connectivity index (χ1n) is 14.4. The van der Waals surface area contributed by atoms with Crippen LogP contribution < -0.4 is 4.74 Å². The molecule has 0 aliphatic heterocycles. The fourth-order valence-electron chi connectivity index (χ4n) is 4.58. The molecule has 2 aromatic rings. The summed E-state index contributed by atoms with van der Waals surface area (Å²) in [5.41, 5.74) is -0.135. The van der Waals surface area contributed by atoms with E-state index in [1.165, 1.54) is 82.8 Å². The molecule has 0 aromatic heterocycles. The van der Waals surface area contributed by atoms with Gasteiger partial charge in [-0.15, -0.1) is 0 Å². The molecule has 0 amide bonds. The molecule has 2 rings (SSSR count). The minimum absolute atomic E-state index is 0.135. The van der Waals surface area contributed by atoms with E-state index in [2.05, 4.69) is 0 Å². The van der Waals surface area contributed by atoms with Crippen LogP contribution in [0.2, 0.25) is 0 Å². The first-order valence-corrected chi connectivity index (χ1v) is 16.0. The van der Waals surface area contributed by atoms with Gasteiger partial charge in [0.15, 0.2) is 9.84 Å². The van der Waals surface area contributed by atoms with Crippen LogP contribution in [0.5, 0.6) is 11.5 Å². The molecule has 0 saturated carbocycles. The zero-order valence-electron chi connectivity index (χ0n) is 22.8. The van der Waals surface area contributed by atoms with Crippen molar-refractivity contribution in [1.29, 1.82) is 0 Å². The predicted octanol–water partition coefficient (Wildman–Crippen LogP) is 8.18. The van der Waals surface area contributed by atoms with Gasteiger partial charge in [-0.05, 0) is 43.2 Å². The van der Waals surface area contributed by atoms with E-state index in [-0.39, 0.29) is 17.1 Å². The van der Waals surface area contributed by atoms with Gasteiger partial charge in [-0.1, -0.05) is 108 Å². The Balaban J connectivity index is 1.31. The van der Waals surface area contributed by atoms with E-state index in [4.69, 9.17) is 9.84 Å². The molecule has 38 heavy (non-hydrogen) atoms. The molecule has 0 radical (unpaired) electrons. The normalized spacial score (nSPS) is 11.5. The summed E-state index contributed by atoms with van der Waals surface area (Å²) in [6.07, 6.45) is 18.9. The molecular weight excluding hydrogens is 500 g/mol. The van der Waals surface area contributed by atoms with Gasteiger partial charge in [-0.3, -0.25) is 0 Å². The van der Waals surface area contributed by atoms with Gasteiger partial charge >= 0.3 is 5.97 Å². The van der Waals surface area contributed by atoms with Gasteiger partial charge in [0.25, 0.3) is 0 Å². The molecule has 212 valence electrons. The zero-order valence-corrected chi connectivity index (χ0v) is 23.6. The molecule has 2 aromatic carbocycles. The lowest BCUT2D eigenvalue weighted by Gasteiger charge is -2.08. The summed E-state index contributed by atoms with van der Waals surface area (Å²) in [4.78, 5) is 11.5. The number of sulfone groups is 1. The second-order valence-electron chi connectivity index (χ2n) is 10.1. The van der Waals surface area contributed by atoms with Crippen molar-refractivity contribution in [1.82, 2.24) is 0 Å². The van der Waals surface area contributed by atoms with Crippen molar-refractivity contribution in [2.45, 2.75) is 108 Å². The molecule has 0 fully saturated rings. The number of hydrogen-bond donors (Lipinski definition) is 2. The summed E-state index contributed by atoms with van der Waals surface area (Å²) < 4.78 is 30.1. The number of unbranched alkanes of at least 4 members (excludes halogenated alkanes) is 15. The highest BCUT2D eigenvalue weighted by atomic mass is 32.2. The molecule has 0 bridgehead atoms. The van der Waals surface area contributed by atoms with Gasteiger partial charge in [0.05, 0.1) is 17.3 Å². The fraction of sp³-hybridized carbons (Fsp3) is 0.581. The average Bonchev–Trinajstić information content (AvgIpc) is 2.91. The van der Waals surface area contributed by atoms with E-state index in [0.717, 1.165) is 32.1 Å². The lowest BCUT2D eigenvalue weighted by atomic mass is 10.0. The number of ether oxygens (including phenoxy) is 1. The Hall–Kier alpha value is -2.54. The van der Waals surface area contributed by atoms with E-state index in [9.17, 15) is 18.3 Å². The van der Waals surface area contributed by atoms with Crippen LogP contribution in [-0.4, -0.2) is 37.0 Å². The number of phenols is 1. The van der Waals surface area contributed by atoms with E-state index < -0.39 is 15.8 Å². The molecule has 0 saturated heterocycles. The minimum atomic E-state index is -3.12. The van der Waals surface area contributed by atoms with Crippen molar-refractivity contribution >= 4 is 15.8 Å². The Morgan fingerprint density at radius 3 is 1.63 bits per heavy atom. The number of rotatable bonds is 22. The third kappa shape index (κ3) is 13.3. The van der Waals surface area contributed by atoms with Gasteiger partial charge in [0.2, 0.25) is 0 Å². The Morgan fingerprint density at radius 1 is 0.658 bits per heavy atom. The predicted molar refractivity (Wildman–Crippen MR) is 153 cm³/mol. The van der Waals surface area contributed by atoms with Gasteiger partial charge in [0, 0.05) is 0 Å². The Kier molecular flexibility index (Phi) is 15.6. The smallest absolute Gasteiger partial charge is 0.339 e. The molecule has 0 heterocycles. The minimum Gasteiger partial charge on any atom is -0.507 e. The van der Waals surface area contributed by atoms with Crippen molar-refractivity contribution in [3.63, 3.8) is 0 Å². The van der Waals surface area contributed by atoms with Crippen LogP contribution in [0.25, 0.3) is 0 Å². The van der Waals surface area contributed by atoms with Crippen molar-refractivity contribution in [2.24, 2.45) is 0 Å². The Bertz CT molecular complexity index is 1020. The average molecular weight is 547 g/mol. The summed E-state index contributed by atoms with van der Waals surface area (Å²) in [6.45, 7) is 0.556. The number of hydrogen-bond acceptors (Lipinski definition) is 5. The quantitative estimate of drug-likeness (QED) is 0.144. The van der Waals surface area contributed by atoms with Crippen LogP contribution in [0.3, 0.4) is 0 Å². The van der Waals surface area contributed by atoms with Crippen LogP contribution in [-0.2, 0) is 9.84 Å².